The molecule has 0 N–H and O–H groups in total. The monoisotopic (exact) mass is 257 g/mol. The van der Waals surface area contributed by atoms with Gasteiger partial charge in [0, 0.05) is 6.54 Å². The van der Waals surface area contributed by atoms with Crippen molar-refractivity contribution in [3.8, 4) is 0 Å². The van der Waals surface area contributed by atoms with Crippen LogP contribution in [0.25, 0.3) is 0 Å². The van der Waals surface area contributed by atoms with E-state index in [1.54, 1.807) is 0 Å². The summed E-state index contributed by atoms with van der Waals surface area (Å²) in [6.07, 6.45) is 3.02. The fourth-order valence-electron chi connectivity index (χ4n) is 2.48. The highest BCUT2D eigenvalue weighted by molar-refractivity contribution is 4.73. The van der Waals surface area contributed by atoms with Gasteiger partial charge >= 0.3 is 0 Å². The Labute approximate surface area is 113 Å². The van der Waals surface area contributed by atoms with Crippen LogP contribution in [0.3, 0.4) is 0 Å². The zero-order valence-electron chi connectivity index (χ0n) is 12.7. The molecule has 1 rings (SSSR count). The second-order valence-electron chi connectivity index (χ2n) is 5.96. The van der Waals surface area contributed by atoms with Crippen LogP contribution in [0.4, 0.5) is 0 Å². The molecule has 108 valence electrons. The Kier molecular flexibility index (Phi) is 7.87. The van der Waals surface area contributed by atoms with Gasteiger partial charge in [-0.2, -0.15) is 0 Å². The lowest BCUT2D eigenvalue weighted by molar-refractivity contribution is 0.0112. The van der Waals surface area contributed by atoms with Crippen molar-refractivity contribution >= 4 is 0 Å². The molecule has 0 saturated carbocycles. The van der Waals surface area contributed by atoms with Gasteiger partial charge in [-0.25, -0.2) is 0 Å². The summed E-state index contributed by atoms with van der Waals surface area (Å²) in [7, 11) is 0. The van der Waals surface area contributed by atoms with Crippen LogP contribution in [0.2, 0.25) is 0 Å². The summed E-state index contributed by atoms with van der Waals surface area (Å²) in [6.45, 7) is 14.6. The van der Waals surface area contributed by atoms with Gasteiger partial charge in [-0.05, 0) is 51.6 Å². The zero-order valence-corrected chi connectivity index (χ0v) is 12.7. The molecule has 1 saturated heterocycles. The fourth-order valence-corrected chi connectivity index (χ4v) is 2.48. The zero-order chi connectivity index (χ0) is 13.4. The van der Waals surface area contributed by atoms with Crippen molar-refractivity contribution in [1.29, 1.82) is 0 Å². The topological polar surface area (TPSA) is 21.7 Å². The first-order valence-corrected chi connectivity index (χ1v) is 7.51. The van der Waals surface area contributed by atoms with Crippen molar-refractivity contribution in [3.05, 3.63) is 0 Å². The third-order valence-corrected chi connectivity index (χ3v) is 3.81. The fraction of sp³-hybridized carbons (Fsp3) is 1.00. The van der Waals surface area contributed by atoms with Gasteiger partial charge in [0.2, 0.25) is 0 Å². The van der Waals surface area contributed by atoms with Gasteiger partial charge in [0.25, 0.3) is 0 Å². The SMILES string of the molecule is CC(C)OCCOCCN1CCC(C(C)C)CC1. The van der Waals surface area contributed by atoms with Crippen LogP contribution in [0.5, 0.6) is 0 Å². The lowest BCUT2D eigenvalue weighted by atomic mass is 9.87. The highest BCUT2D eigenvalue weighted by atomic mass is 16.5. The molecule has 1 heterocycles. The van der Waals surface area contributed by atoms with Crippen molar-refractivity contribution in [2.75, 3.05) is 39.5 Å². The minimum Gasteiger partial charge on any atom is -0.378 e. The molecule has 1 aliphatic rings. The number of hydrogen-bond acceptors (Lipinski definition) is 3. The van der Waals surface area contributed by atoms with E-state index < -0.39 is 0 Å². The molecule has 3 heteroatoms. The summed E-state index contributed by atoms with van der Waals surface area (Å²) in [5.41, 5.74) is 0. The largest absolute Gasteiger partial charge is 0.378 e. The highest BCUT2D eigenvalue weighted by Gasteiger charge is 2.20. The first-order valence-electron chi connectivity index (χ1n) is 7.51. The molecule has 0 aliphatic carbocycles. The normalized spacial score (nSPS) is 19.0. The molecule has 0 radical (unpaired) electrons. The molecule has 0 atom stereocenters. The van der Waals surface area contributed by atoms with E-state index in [-0.39, 0.29) is 0 Å². The van der Waals surface area contributed by atoms with E-state index in [0.717, 1.165) is 31.6 Å². The van der Waals surface area contributed by atoms with E-state index in [9.17, 15) is 0 Å². The Hall–Kier alpha value is -0.120. The molecule has 0 bridgehead atoms. The van der Waals surface area contributed by atoms with Crippen molar-refractivity contribution in [2.45, 2.75) is 46.6 Å². The number of hydrogen-bond donors (Lipinski definition) is 0. The number of rotatable bonds is 8. The first kappa shape index (κ1) is 15.9. The Morgan fingerprint density at radius 3 is 2.22 bits per heavy atom. The van der Waals surface area contributed by atoms with Crippen LogP contribution >= 0.6 is 0 Å². The molecule has 18 heavy (non-hydrogen) atoms. The summed E-state index contributed by atoms with van der Waals surface area (Å²) in [5.74, 6) is 1.78. The molecule has 1 fully saturated rings. The van der Waals surface area contributed by atoms with E-state index in [1.165, 1.54) is 25.9 Å². The van der Waals surface area contributed by atoms with Gasteiger partial charge in [-0.3, -0.25) is 0 Å². The summed E-state index contributed by atoms with van der Waals surface area (Å²) in [5, 5.41) is 0. The number of ether oxygens (including phenoxy) is 2. The van der Waals surface area contributed by atoms with Gasteiger partial charge in [-0.15, -0.1) is 0 Å². The summed E-state index contributed by atoms with van der Waals surface area (Å²) < 4.78 is 11.0. The number of likely N-dealkylation sites (tertiary alicyclic amines) is 1. The minimum absolute atomic E-state index is 0.309. The van der Waals surface area contributed by atoms with Crippen molar-refractivity contribution in [1.82, 2.24) is 4.90 Å². The molecule has 0 aromatic carbocycles. The smallest absolute Gasteiger partial charge is 0.0703 e. The van der Waals surface area contributed by atoms with Crippen LogP contribution in [0.15, 0.2) is 0 Å². The van der Waals surface area contributed by atoms with E-state index in [0.29, 0.717) is 12.7 Å². The van der Waals surface area contributed by atoms with Crippen LogP contribution in [-0.2, 0) is 9.47 Å². The second kappa shape index (κ2) is 8.89. The van der Waals surface area contributed by atoms with Crippen molar-refractivity contribution in [3.63, 3.8) is 0 Å². The molecule has 1 aliphatic heterocycles. The van der Waals surface area contributed by atoms with Crippen molar-refractivity contribution in [2.24, 2.45) is 11.8 Å². The number of piperidine rings is 1. The summed E-state index contributed by atoms with van der Waals surface area (Å²) >= 11 is 0. The van der Waals surface area contributed by atoms with Crippen molar-refractivity contribution < 1.29 is 9.47 Å². The molecule has 0 amide bonds. The standard InChI is InChI=1S/C15H31NO2/c1-13(2)15-5-7-16(8-6-15)9-10-17-11-12-18-14(3)4/h13-15H,5-12H2,1-4H3. The van der Waals surface area contributed by atoms with E-state index in [1.807, 2.05) is 0 Å². The molecule has 0 aromatic heterocycles. The molecule has 3 nitrogen and oxygen atoms in total. The second-order valence-corrected chi connectivity index (χ2v) is 5.96. The third kappa shape index (κ3) is 6.72. The van der Waals surface area contributed by atoms with Gasteiger partial charge in [0.1, 0.15) is 0 Å². The molecule has 0 aromatic rings. The highest BCUT2D eigenvalue weighted by Crippen LogP contribution is 2.23. The Morgan fingerprint density at radius 1 is 1.00 bits per heavy atom. The average Bonchev–Trinajstić information content (AvgIpc) is 2.34. The van der Waals surface area contributed by atoms with Crippen LogP contribution in [-0.4, -0.2) is 50.5 Å². The molecular formula is C15H31NO2. The predicted octanol–water partition coefficient (Wildman–Crippen LogP) is 2.80. The summed E-state index contributed by atoms with van der Waals surface area (Å²) in [6, 6.07) is 0. The van der Waals surface area contributed by atoms with Crippen LogP contribution in [0, 0.1) is 11.8 Å². The van der Waals surface area contributed by atoms with Crippen LogP contribution in [0.1, 0.15) is 40.5 Å². The maximum Gasteiger partial charge on any atom is 0.0703 e. The van der Waals surface area contributed by atoms with E-state index in [2.05, 4.69) is 32.6 Å². The summed E-state index contributed by atoms with van der Waals surface area (Å²) in [4.78, 5) is 2.53. The van der Waals surface area contributed by atoms with E-state index in [4.69, 9.17) is 9.47 Å². The maximum atomic E-state index is 5.59. The molecular weight excluding hydrogens is 226 g/mol. The Bertz CT molecular complexity index is 199. The quantitative estimate of drug-likeness (QED) is 0.624. The minimum atomic E-state index is 0.309. The van der Waals surface area contributed by atoms with Gasteiger partial charge in [-0.1, -0.05) is 13.8 Å². The van der Waals surface area contributed by atoms with E-state index >= 15 is 0 Å². The Morgan fingerprint density at radius 2 is 1.67 bits per heavy atom. The maximum absolute atomic E-state index is 5.59. The Balaban J connectivity index is 1.95. The van der Waals surface area contributed by atoms with Gasteiger partial charge < -0.3 is 14.4 Å². The lowest BCUT2D eigenvalue weighted by Crippen LogP contribution is -2.37. The molecule has 0 spiro atoms. The number of nitrogens with zero attached hydrogens (tertiary/aromatic N) is 1. The molecule has 0 unspecified atom stereocenters. The third-order valence-electron chi connectivity index (χ3n) is 3.81. The van der Waals surface area contributed by atoms with Gasteiger partial charge in [0.05, 0.1) is 25.9 Å². The lowest BCUT2D eigenvalue weighted by Gasteiger charge is -2.33. The predicted molar refractivity (Wildman–Crippen MR) is 75.9 cm³/mol. The average molecular weight is 257 g/mol. The van der Waals surface area contributed by atoms with Gasteiger partial charge in [0.15, 0.2) is 0 Å². The first-order chi connectivity index (χ1) is 8.59. The van der Waals surface area contributed by atoms with Crippen LogP contribution < -0.4 is 0 Å².